The van der Waals surface area contributed by atoms with Crippen molar-refractivity contribution >= 4 is 15.8 Å². The summed E-state index contributed by atoms with van der Waals surface area (Å²) in [5.74, 6) is -0.249. The van der Waals surface area contributed by atoms with Crippen molar-refractivity contribution in [1.29, 1.82) is 0 Å². The van der Waals surface area contributed by atoms with Crippen molar-refractivity contribution in [2.75, 3.05) is 19.5 Å². The van der Waals surface area contributed by atoms with E-state index in [1.54, 1.807) is 30.3 Å². The van der Waals surface area contributed by atoms with Gasteiger partial charge in [-0.25, -0.2) is 13.2 Å². The van der Waals surface area contributed by atoms with Crippen LogP contribution < -0.4 is 9.47 Å². The largest absolute Gasteiger partial charge is 0.507 e. The number of hydrogen-bond acceptors (Lipinski definition) is 6. The Morgan fingerprint density at radius 1 is 0.906 bits per heavy atom. The molecule has 0 heterocycles. The van der Waals surface area contributed by atoms with Crippen LogP contribution in [0.5, 0.6) is 17.2 Å². The van der Waals surface area contributed by atoms with Crippen LogP contribution in [0.25, 0.3) is 0 Å². The molecule has 32 heavy (non-hydrogen) atoms. The lowest BCUT2D eigenvalue weighted by atomic mass is 10.0. The van der Waals surface area contributed by atoms with E-state index in [1.165, 1.54) is 31.4 Å². The van der Waals surface area contributed by atoms with Crippen molar-refractivity contribution in [3.8, 4) is 17.2 Å². The van der Waals surface area contributed by atoms with Crippen LogP contribution in [-0.4, -0.2) is 44.1 Å². The highest BCUT2D eigenvalue weighted by Gasteiger charge is 2.14. The van der Waals surface area contributed by atoms with Gasteiger partial charge >= 0.3 is 5.97 Å². The number of benzene rings is 3. The number of aromatic carboxylic acids is 1. The van der Waals surface area contributed by atoms with Crippen LogP contribution in [0.4, 0.5) is 0 Å². The predicted molar refractivity (Wildman–Crippen MR) is 119 cm³/mol. The zero-order valence-corrected chi connectivity index (χ0v) is 18.3. The SMILES string of the molecule is COc1ccc(S(=O)(=O)CCCOc2ccc(Cc3ccc(O)c(C(=O)O)c3)cc2)cc1. The Bertz CT molecular complexity index is 1170. The van der Waals surface area contributed by atoms with Gasteiger partial charge in [-0.2, -0.15) is 0 Å². The van der Waals surface area contributed by atoms with E-state index in [0.29, 0.717) is 24.3 Å². The average molecular weight is 457 g/mol. The van der Waals surface area contributed by atoms with Crippen LogP contribution in [0.3, 0.4) is 0 Å². The van der Waals surface area contributed by atoms with E-state index in [4.69, 9.17) is 14.6 Å². The summed E-state index contributed by atoms with van der Waals surface area (Å²) in [5.41, 5.74) is 1.58. The van der Waals surface area contributed by atoms with Crippen LogP contribution in [0.2, 0.25) is 0 Å². The van der Waals surface area contributed by atoms with Gasteiger partial charge in [-0.05, 0) is 72.5 Å². The van der Waals surface area contributed by atoms with Gasteiger partial charge < -0.3 is 19.7 Å². The monoisotopic (exact) mass is 456 g/mol. The third kappa shape index (κ3) is 6.01. The van der Waals surface area contributed by atoms with Gasteiger partial charge in [0.15, 0.2) is 9.84 Å². The van der Waals surface area contributed by atoms with E-state index in [2.05, 4.69) is 0 Å². The molecule has 0 bridgehead atoms. The summed E-state index contributed by atoms with van der Waals surface area (Å²) in [6.07, 6.45) is 0.850. The van der Waals surface area contributed by atoms with Gasteiger partial charge in [0.1, 0.15) is 22.8 Å². The minimum Gasteiger partial charge on any atom is -0.507 e. The first-order chi connectivity index (χ1) is 15.3. The highest BCUT2D eigenvalue weighted by molar-refractivity contribution is 7.91. The summed E-state index contributed by atoms with van der Waals surface area (Å²) in [6.45, 7) is 0.259. The Morgan fingerprint density at radius 2 is 1.53 bits per heavy atom. The molecule has 0 fully saturated rings. The van der Waals surface area contributed by atoms with Gasteiger partial charge in [-0.15, -0.1) is 0 Å². The maximum Gasteiger partial charge on any atom is 0.339 e. The summed E-state index contributed by atoms with van der Waals surface area (Å²) in [4.78, 5) is 11.4. The Balaban J connectivity index is 1.50. The number of hydrogen-bond donors (Lipinski definition) is 2. The molecule has 0 saturated heterocycles. The molecule has 0 spiro atoms. The maximum absolute atomic E-state index is 12.4. The quantitative estimate of drug-likeness (QED) is 0.445. The first kappa shape index (κ1) is 23.1. The summed E-state index contributed by atoms with van der Waals surface area (Å²) in [7, 11) is -1.87. The van der Waals surface area contributed by atoms with E-state index in [-0.39, 0.29) is 28.6 Å². The normalized spacial score (nSPS) is 11.2. The molecular formula is C24H24O7S. The minimum absolute atomic E-state index is 0.0236. The van der Waals surface area contributed by atoms with Gasteiger partial charge in [0.05, 0.1) is 24.4 Å². The van der Waals surface area contributed by atoms with Gasteiger partial charge in [0.25, 0.3) is 0 Å². The Hall–Kier alpha value is -3.52. The Kier molecular flexibility index (Phi) is 7.37. The molecule has 8 heteroatoms. The molecule has 168 valence electrons. The first-order valence-electron chi connectivity index (χ1n) is 9.92. The van der Waals surface area contributed by atoms with Gasteiger partial charge in [0, 0.05) is 0 Å². The molecule has 7 nitrogen and oxygen atoms in total. The lowest BCUT2D eigenvalue weighted by molar-refractivity contribution is 0.0693. The highest BCUT2D eigenvalue weighted by Crippen LogP contribution is 2.22. The molecule has 3 aromatic carbocycles. The first-order valence-corrected chi connectivity index (χ1v) is 11.6. The Morgan fingerprint density at radius 3 is 2.16 bits per heavy atom. The molecule has 0 aliphatic carbocycles. The zero-order chi connectivity index (χ0) is 23.1. The number of sulfone groups is 1. The molecule has 0 atom stereocenters. The summed E-state index contributed by atoms with van der Waals surface area (Å²) >= 11 is 0. The van der Waals surface area contributed by atoms with Crippen molar-refractivity contribution in [3.63, 3.8) is 0 Å². The second kappa shape index (κ2) is 10.2. The van der Waals surface area contributed by atoms with Crippen LogP contribution in [0.15, 0.2) is 71.6 Å². The lowest BCUT2D eigenvalue weighted by Crippen LogP contribution is -2.10. The fraction of sp³-hybridized carbons (Fsp3) is 0.208. The van der Waals surface area contributed by atoms with Crippen molar-refractivity contribution in [1.82, 2.24) is 0 Å². The number of ether oxygens (including phenoxy) is 2. The predicted octanol–water partition coefficient (Wildman–Crippen LogP) is 3.93. The van der Waals surface area contributed by atoms with E-state index in [9.17, 15) is 18.3 Å². The molecule has 0 unspecified atom stereocenters. The molecule has 0 amide bonds. The third-order valence-electron chi connectivity index (χ3n) is 4.87. The molecule has 0 aliphatic rings. The maximum atomic E-state index is 12.4. The molecule has 2 N–H and O–H groups in total. The van der Waals surface area contributed by atoms with Crippen LogP contribution >= 0.6 is 0 Å². The molecule has 0 saturated carbocycles. The number of phenols is 1. The molecule has 3 aromatic rings. The van der Waals surface area contributed by atoms with E-state index in [1.807, 2.05) is 12.1 Å². The second-order valence-electron chi connectivity index (χ2n) is 7.17. The molecule has 3 rings (SSSR count). The number of rotatable bonds is 10. The van der Waals surface area contributed by atoms with Crippen molar-refractivity contribution in [2.24, 2.45) is 0 Å². The molecule has 0 aliphatic heterocycles. The van der Waals surface area contributed by atoms with Crippen molar-refractivity contribution in [2.45, 2.75) is 17.7 Å². The van der Waals surface area contributed by atoms with Crippen molar-refractivity contribution < 1.29 is 32.9 Å². The minimum atomic E-state index is -3.39. The number of carbonyl (C=O) groups is 1. The van der Waals surface area contributed by atoms with Gasteiger partial charge in [-0.3, -0.25) is 0 Å². The van der Waals surface area contributed by atoms with E-state index in [0.717, 1.165) is 11.1 Å². The number of methoxy groups -OCH3 is 1. The molecular weight excluding hydrogens is 432 g/mol. The lowest BCUT2D eigenvalue weighted by Gasteiger charge is -2.09. The van der Waals surface area contributed by atoms with Crippen LogP contribution in [-0.2, 0) is 16.3 Å². The second-order valence-corrected chi connectivity index (χ2v) is 9.28. The summed E-state index contributed by atoms with van der Waals surface area (Å²) in [5, 5.41) is 18.7. The topological polar surface area (TPSA) is 110 Å². The van der Waals surface area contributed by atoms with E-state index >= 15 is 0 Å². The fourth-order valence-corrected chi connectivity index (χ4v) is 4.43. The number of carboxylic acids is 1. The standard InChI is InChI=1S/C24H24O7S/c1-30-19-8-10-21(11-9-19)32(28,29)14-2-13-31-20-6-3-17(4-7-20)15-18-5-12-23(25)22(16-18)24(26)27/h3-12,16,25H,2,13-15H2,1H3,(H,26,27). The smallest absolute Gasteiger partial charge is 0.339 e. The number of aromatic hydroxyl groups is 1. The van der Waals surface area contributed by atoms with Crippen molar-refractivity contribution in [3.05, 3.63) is 83.4 Å². The highest BCUT2D eigenvalue weighted by atomic mass is 32.2. The molecule has 0 aromatic heterocycles. The van der Waals surface area contributed by atoms with Crippen LogP contribution in [0, 0.1) is 0 Å². The van der Waals surface area contributed by atoms with E-state index < -0.39 is 15.8 Å². The summed E-state index contributed by atoms with van der Waals surface area (Å²) < 4.78 is 35.5. The average Bonchev–Trinajstić information content (AvgIpc) is 2.79. The summed E-state index contributed by atoms with van der Waals surface area (Å²) in [6, 6.07) is 18.1. The third-order valence-corrected chi connectivity index (χ3v) is 6.68. The fourth-order valence-electron chi connectivity index (χ4n) is 3.14. The van der Waals surface area contributed by atoms with Gasteiger partial charge in [0.2, 0.25) is 0 Å². The van der Waals surface area contributed by atoms with Crippen LogP contribution in [0.1, 0.15) is 27.9 Å². The zero-order valence-electron chi connectivity index (χ0n) is 17.5. The molecule has 0 radical (unpaired) electrons. The van der Waals surface area contributed by atoms with Gasteiger partial charge in [-0.1, -0.05) is 18.2 Å². The number of carboxylic acid groups (broad SMARTS) is 1. The Labute approximate surface area is 186 Å².